The lowest BCUT2D eigenvalue weighted by molar-refractivity contribution is -0.117. The normalized spacial score (nSPS) is 17.3. The van der Waals surface area contributed by atoms with Gasteiger partial charge in [-0.2, -0.15) is 0 Å². The van der Waals surface area contributed by atoms with E-state index >= 15 is 0 Å². The number of ether oxygens (including phenoxy) is 2. The van der Waals surface area contributed by atoms with Gasteiger partial charge >= 0.3 is 0 Å². The second-order valence-corrected chi connectivity index (χ2v) is 6.47. The van der Waals surface area contributed by atoms with Crippen LogP contribution in [0.1, 0.15) is 30.0 Å². The van der Waals surface area contributed by atoms with E-state index in [1.165, 1.54) is 0 Å². The average molecular weight is 335 g/mol. The van der Waals surface area contributed by atoms with Crippen molar-refractivity contribution in [2.75, 3.05) is 13.2 Å². The Balaban J connectivity index is 1.48. The predicted octanol–water partition coefficient (Wildman–Crippen LogP) is 3.74. The van der Waals surface area contributed by atoms with Gasteiger partial charge in [-0.3, -0.25) is 4.79 Å². The highest BCUT2D eigenvalue weighted by atomic mass is 16.6. The van der Waals surface area contributed by atoms with E-state index in [2.05, 4.69) is 5.32 Å². The number of carbonyl (C=O) groups excluding carboxylic acids is 1. The summed E-state index contributed by atoms with van der Waals surface area (Å²) in [6.45, 7) is 1.15. The minimum Gasteiger partial charge on any atom is -0.486 e. The van der Waals surface area contributed by atoms with E-state index in [4.69, 9.17) is 9.47 Å². The molecule has 1 unspecified atom stereocenters. The molecule has 2 aromatic rings. The van der Waals surface area contributed by atoms with Crippen LogP contribution in [0, 0.1) is 5.92 Å². The minimum atomic E-state index is -0.0735. The van der Waals surface area contributed by atoms with Gasteiger partial charge in [0.1, 0.15) is 13.2 Å². The van der Waals surface area contributed by atoms with Crippen molar-refractivity contribution in [1.29, 1.82) is 0 Å². The van der Waals surface area contributed by atoms with Crippen LogP contribution >= 0.6 is 0 Å². The number of hydrogen-bond donors (Lipinski definition) is 1. The molecule has 2 aliphatic rings. The SMILES string of the molecule is O=C(/C=C/c1ccccc1)NC(c1ccc2c(c1)OCCO2)C1CC1. The van der Waals surface area contributed by atoms with Crippen molar-refractivity contribution >= 4 is 12.0 Å². The summed E-state index contributed by atoms with van der Waals surface area (Å²) in [6.07, 6.45) is 5.72. The minimum absolute atomic E-state index is 0.0174. The van der Waals surface area contributed by atoms with Crippen LogP contribution in [0.4, 0.5) is 0 Å². The van der Waals surface area contributed by atoms with Gasteiger partial charge in [0, 0.05) is 6.08 Å². The molecule has 0 bridgehead atoms. The van der Waals surface area contributed by atoms with Gasteiger partial charge in [0.2, 0.25) is 5.91 Å². The Morgan fingerprint density at radius 1 is 1.04 bits per heavy atom. The fraction of sp³-hybridized carbons (Fsp3) is 0.286. The third-order valence-electron chi connectivity index (χ3n) is 4.54. The molecule has 128 valence electrons. The summed E-state index contributed by atoms with van der Waals surface area (Å²) in [6, 6.07) is 15.8. The van der Waals surface area contributed by atoms with Crippen LogP contribution < -0.4 is 14.8 Å². The van der Waals surface area contributed by atoms with E-state index in [-0.39, 0.29) is 11.9 Å². The molecule has 4 rings (SSSR count). The van der Waals surface area contributed by atoms with Gasteiger partial charge in [-0.25, -0.2) is 0 Å². The summed E-state index contributed by atoms with van der Waals surface area (Å²) in [5.41, 5.74) is 2.09. The van der Waals surface area contributed by atoms with Crippen molar-refractivity contribution in [3.05, 3.63) is 65.7 Å². The van der Waals surface area contributed by atoms with E-state index in [1.807, 2.05) is 54.6 Å². The maximum atomic E-state index is 12.4. The smallest absolute Gasteiger partial charge is 0.244 e. The van der Waals surface area contributed by atoms with Gasteiger partial charge in [0.05, 0.1) is 6.04 Å². The number of rotatable bonds is 5. The Morgan fingerprint density at radius 3 is 2.56 bits per heavy atom. The molecular formula is C21H21NO3. The zero-order valence-electron chi connectivity index (χ0n) is 14.0. The molecule has 1 atom stereocenters. The van der Waals surface area contributed by atoms with Gasteiger partial charge in [0.15, 0.2) is 11.5 Å². The molecule has 1 amide bonds. The van der Waals surface area contributed by atoms with Gasteiger partial charge in [0.25, 0.3) is 0 Å². The van der Waals surface area contributed by atoms with Gasteiger partial charge in [-0.1, -0.05) is 36.4 Å². The summed E-state index contributed by atoms with van der Waals surface area (Å²) < 4.78 is 11.3. The molecule has 0 saturated heterocycles. The van der Waals surface area contributed by atoms with E-state index in [0.717, 1.165) is 35.5 Å². The third kappa shape index (κ3) is 3.85. The number of fused-ring (bicyclic) bond motifs is 1. The van der Waals surface area contributed by atoms with Crippen LogP contribution in [0.2, 0.25) is 0 Å². The van der Waals surface area contributed by atoms with Crippen molar-refractivity contribution in [3.63, 3.8) is 0 Å². The summed E-state index contributed by atoms with van der Waals surface area (Å²) in [5.74, 6) is 1.97. The van der Waals surface area contributed by atoms with Crippen molar-refractivity contribution in [2.24, 2.45) is 5.92 Å². The standard InChI is InChI=1S/C21H21NO3/c23-20(11-6-15-4-2-1-3-5-15)22-21(16-7-8-16)17-9-10-18-19(14-17)25-13-12-24-18/h1-6,9-11,14,16,21H,7-8,12-13H2,(H,22,23)/b11-6+. The maximum Gasteiger partial charge on any atom is 0.244 e. The molecule has 1 heterocycles. The zero-order chi connectivity index (χ0) is 17.1. The van der Waals surface area contributed by atoms with E-state index < -0.39 is 0 Å². The van der Waals surface area contributed by atoms with Crippen molar-refractivity contribution in [1.82, 2.24) is 5.32 Å². The number of hydrogen-bond acceptors (Lipinski definition) is 3. The fourth-order valence-electron chi connectivity index (χ4n) is 3.09. The van der Waals surface area contributed by atoms with E-state index in [9.17, 15) is 4.79 Å². The topological polar surface area (TPSA) is 47.6 Å². The highest BCUT2D eigenvalue weighted by Gasteiger charge is 2.33. The largest absolute Gasteiger partial charge is 0.486 e. The monoisotopic (exact) mass is 335 g/mol. The first kappa shape index (κ1) is 15.8. The Bertz CT molecular complexity index is 781. The predicted molar refractivity (Wildman–Crippen MR) is 96.5 cm³/mol. The lowest BCUT2D eigenvalue weighted by atomic mass is 10.0. The van der Waals surface area contributed by atoms with Crippen LogP contribution in [-0.4, -0.2) is 19.1 Å². The van der Waals surface area contributed by atoms with Crippen LogP contribution in [0.3, 0.4) is 0 Å². The maximum absolute atomic E-state index is 12.4. The second-order valence-electron chi connectivity index (χ2n) is 6.47. The van der Waals surface area contributed by atoms with Gasteiger partial charge < -0.3 is 14.8 Å². The summed E-state index contributed by atoms with van der Waals surface area (Å²) in [4.78, 5) is 12.4. The first-order chi connectivity index (χ1) is 12.3. The first-order valence-corrected chi connectivity index (χ1v) is 8.73. The molecule has 4 heteroatoms. The molecule has 0 radical (unpaired) electrons. The summed E-state index contributed by atoms with van der Waals surface area (Å²) in [7, 11) is 0. The van der Waals surface area contributed by atoms with Crippen molar-refractivity contribution in [2.45, 2.75) is 18.9 Å². The quantitative estimate of drug-likeness (QED) is 0.847. The number of amides is 1. The molecule has 0 spiro atoms. The van der Waals surface area contributed by atoms with Crippen molar-refractivity contribution < 1.29 is 14.3 Å². The number of carbonyl (C=O) groups is 1. The third-order valence-corrected chi connectivity index (χ3v) is 4.54. The molecule has 1 aliphatic heterocycles. The Morgan fingerprint density at radius 2 is 1.80 bits per heavy atom. The highest BCUT2D eigenvalue weighted by molar-refractivity contribution is 5.92. The molecule has 1 saturated carbocycles. The van der Waals surface area contributed by atoms with Gasteiger partial charge in [-0.15, -0.1) is 0 Å². The molecule has 1 aliphatic carbocycles. The highest BCUT2D eigenvalue weighted by Crippen LogP contribution is 2.43. The molecular weight excluding hydrogens is 314 g/mol. The van der Waals surface area contributed by atoms with Crippen LogP contribution in [-0.2, 0) is 4.79 Å². The van der Waals surface area contributed by atoms with Crippen LogP contribution in [0.5, 0.6) is 11.5 Å². The van der Waals surface area contributed by atoms with Crippen LogP contribution in [0.25, 0.3) is 6.08 Å². The molecule has 2 aromatic carbocycles. The van der Waals surface area contributed by atoms with Crippen molar-refractivity contribution in [3.8, 4) is 11.5 Å². The Labute approximate surface area is 147 Å². The zero-order valence-corrected chi connectivity index (χ0v) is 14.0. The second kappa shape index (κ2) is 7.01. The van der Waals surface area contributed by atoms with E-state index in [0.29, 0.717) is 19.1 Å². The number of nitrogens with one attached hydrogen (secondary N) is 1. The molecule has 4 nitrogen and oxygen atoms in total. The molecule has 0 aromatic heterocycles. The van der Waals surface area contributed by atoms with Crippen LogP contribution in [0.15, 0.2) is 54.6 Å². The van der Waals surface area contributed by atoms with Gasteiger partial charge in [-0.05, 0) is 48.1 Å². The number of benzene rings is 2. The fourth-order valence-corrected chi connectivity index (χ4v) is 3.09. The molecule has 1 fully saturated rings. The Hall–Kier alpha value is -2.75. The van der Waals surface area contributed by atoms with E-state index in [1.54, 1.807) is 6.08 Å². The molecule has 25 heavy (non-hydrogen) atoms. The molecule has 1 N–H and O–H groups in total. The first-order valence-electron chi connectivity index (χ1n) is 8.73. The lowest BCUT2D eigenvalue weighted by Crippen LogP contribution is -2.28. The summed E-state index contributed by atoms with van der Waals surface area (Å²) >= 11 is 0. The lowest BCUT2D eigenvalue weighted by Gasteiger charge is -2.22. The Kier molecular flexibility index (Phi) is 4.42. The average Bonchev–Trinajstić information content (AvgIpc) is 3.50. The summed E-state index contributed by atoms with van der Waals surface area (Å²) in [5, 5.41) is 3.15.